The van der Waals surface area contributed by atoms with Crippen LogP contribution in [-0.2, 0) is 29.9 Å². The van der Waals surface area contributed by atoms with Crippen molar-refractivity contribution in [1.82, 2.24) is 0 Å². The number of hydrogen-bond donors (Lipinski definition) is 1. The lowest BCUT2D eigenvalue weighted by Gasteiger charge is -2.21. The summed E-state index contributed by atoms with van der Waals surface area (Å²) in [5, 5.41) is 8.28. The molecule has 2 aromatic rings. The van der Waals surface area contributed by atoms with Crippen molar-refractivity contribution in [3.63, 3.8) is 0 Å². The monoisotopic (exact) mass is 458 g/mol. The lowest BCUT2D eigenvalue weighted by Crippen LogP contribution is -2.36. The van der Waals surface area contributed by atoms with Crippen LogP contribution >= 0.6 is 0 Å². The minimum atomic E-state index is -1.76. The third-order valence-corrected chi connectivity index (χ3v) is 7.46. The molecule has 6 nitrogen and oxygen atoms in total. The van der Waals surface area contributed by atoms with Crippen molar-refractivity contribution in [2.75, 3.05) is 26.1 Å². The second-order valence-corrected chi connectivity index (χ2v) is 10.1. The number of ether oxygens (including phenoxy) is 2. The van der Waals surface area contributed by atoms with E-state index >= 15 is 0 Å². The van der Waals surface area contributed by atoms with E-state index < -0.39 is 40.5 Å². The van der Waals surface area contributed by atoms with E-state index in [1.807, 2.05) is 38.1 Å². The molecule has 1 unspecified atom stereocenters. The Labute approximate surface area is 191 Å². The van der Waals surface area contributed by atoms with Crippen molar-refractivity contribution in [3.05, 3.63) is 59.7 Å². The summed E-state index contributed by atoms with van der Waals surface area (Å²) in [4.78, 5) is 24.8. The largest absolute Gasteiger partial charge is 0.468 e. The molecule has 172 valence electrons. The number of hydrogen-bond acceptors (Lipinski definition) is 6. The Kier molecular flexibility index (Phi) is 8.21. The van der Waals surface area contributed by atoms with E-state index in [1.165, 1.54) is 7.11 Å². The average Bonchev–Trinajstić information content (AvgIpc) is 3.10. The Morgan fingerprint density at radius 1 is 1.00 bits per heavy atom. The zero-order valence-electron chi connectivity index (χ0n) is 18.7. The molecule has 0 saturated carbocycles. The molecule has 0 aliphatic heterocycles. The zero-order valence-corrected chi connectivity index (χ0v) is 19.5. The summed E-state index contributed by atoms with van der Waals surface area (Å²) in [5.41, 5.74) is 4.54. The predicted molar refractivity (Wildman–Crippen MR) is 124 cm³/mol. The van der Waals surface area contributed by atoms with Crippen molar-refractivity contribution >= 4 is 22.7 Å². The highest BCUT2D eigenvalue weighted by Gasteiger charge is 2.33. The first-order valence-electron chi connectivity index (χ1n) is 10.8. The van der Waals surface area contributed by atoms with E-state index in [4.69, 9.17) is 4.74 Å². The third kappa shape index (κ3) is 5.27. The van der Waals surface area contributed by atoms with Gasteiger partial charge in [-0.2, -0.15) is 0 Å². The molecule has 0 heterocycles. The summed E-state index contributed by atoms with van der Waals surface area (Å²) in [6, 6.07) is 16.2. The smallest absolute Gasteiger partial charge is 0.323 e. The van der Waals surface area contributed by atoms with Crippen LogP contribution in [0.1, 0.15) is 37.3 Å². The maximum atomic E-state index is 13.0. The van der Waals surface area contributed by atoms with E-state index in [2.05, 4.69) is 29.0 Å². The van der Waals surface area contributed by atoms with Gasteiger partial charge >= 0.3 is 11.9 Å². The van der Waals surface area contributed by atoms with Crippen LogP contribution in [0.4, 0.5) is 0 Å². The van der Waals surface area contributed by atoms with Gasteiger partial charge in [0.25, 0.3) is 0 Å². The van der Waals surface area contributed by atoms with Gasteiger partial charge in [0.15, 0.2) is 5.25 Å². The van der Waals surface area contributed by atoms with Crippen molar-refractivity contribution in [2.45, 2.75) is 31.4 Å². The first-order chi connectivity index (χ1) is 15.4. The topological polar surface area (TPSA) is 89.9 Å². The van der Waals surface area contributed by atoms with Gasteiger partial charge in [0.05, 0.1) is 19.6 Å². The summed E-state index contributed by atoms with van der Waals surface area (Å²) < 4.78 is 23.1. The fourth-order valence-corrected chi connectivity index (χ4v) is 5.61. The molecule has 3 atom stereocenters. The highest BCUT2D eigenvalue weighted by molar-refractivity contribution is 7.86. The van der Waals surface area contributed by atoms with Crippen LogP contribution in [0.25, 0.3) is 11.1 Å². The minimum absolute atomic E-state index is 0.0585. The SMILES string of the molecule is COC(=O)[C@@H](CO)[S@@](=O)CC(CC(C)C)C(=O)OCC1c2ccccc2-c2ccccc21. The van der Waals surface area contributed by atoms with E-state index in [1.54, 1.807) is 0 Å². The van der Waals surface area contributed by atoms with Gasteiger partial charge in [-0.15, -0.1) is 0 Å². The van der Waals surface area contributed by atoms with Gasteiger partial charge in [-0.1, -0.05) is 62.4 Å². The van der Waals surface area contributed by atoms with Gasteiger partial charge in [0.1, 0.15) is 6.61 Å². The lowest BCUT2D eigenvalue weighted by molar-refractivity contribution is -0.148. The second kappa shape index (κ2) is 10.9. The van der Waals surface area contributed by atoms with Crippen LogP contribution in [0.15, 0.2) is 48.5 Å². The molecule has 32 heavy (non-hydrogen) atoms. The summed E-state index contributed by atoms with van der Waals surface area (Å²) in [6.45, 7) is 3.53. The number of aliphatic hydroxyl groups excluding tert-OH is 1. The molecular formula is C25H30O6S. The number of esters is 2. The molecule has 7 heteroatoms. The number of aliphatic hydroxyl groups is 1. The predicted octanol–water partition coefficient (Wildman–Crippen LogP) is 3.29. The summed E-state index contributed by atoms with van der Waals surface area (Å²) in [6.07, 6.45) is 0.474. The Morgan fingerprint density at radius 2 is 1.56 bits per heavy atom. The van der Waals surface area contributed by atoms with E-state index in [9.17, 15) is 18.9 Å². The Morgan fingerprint density at radius 3 is 2.06 bits per heavy atom. The Bertz CT molecular complexity index is 940. The summed E-state index contributed by atoms with van der Waals surface area (Å²) >= 11 is 0. The first-order valence-corrected chi connectivity index (χ1v) is 12.2. The molecular weight excluding hydrogens is 428 g/mol. The molecule has 1 N–H and O–H groups in total. The first kappa shape index (κ1) is 24.1. The van der Waals surface area contributed by atoms with Crippen LogP contribution in [0.5, 0.6) is 0 Å². The summed E-state index contributed by atoms with van der Waals surface area (Å²) in [7, 11) is -0.578. The van der Waals surface area contributed by atoms with Crippen LogP contribution in [0.2, 0.25) is 0 Å². The zero-order chi connectivity index (χ0) is 23.3. The fourth-order valence-electron chi connectivity index (χ4n) is 4.23. The van der Waals surface area contributed by atoms with Gasteiger partial charge in [0, 0.05) is 22.5 Å². The number of carbonyl (C=O) groups excluding carboxylic acids is 2. The standard InChI is InChI=1S/C25H30O6S/c1-16(2)12-17(15-32(29)23(13-26)25(28)30-3)24(27)31-14-22-20-10-6-4-8-18(20)19-9-5-7-11-21(19)22/h4-11,16-17,22-23,26H,12-15H2,1-3H3/t17?,23-,32+/m1/s1. The molecule has 0 radical (unpaired) electrons. The van der Waals surface area contributed by atoms with Crippen LogP contribution in [0, 0.1) is 11.8 Å². The maximum Gasteiger partial charge on any atom is 0.323 e. The highest BCUT2D eigenvalue weighted by atomic mass is 32.2. The van der Waals surface area contributed by atoms with E-state index in [-0.39, 0.29) is 24.2 Å². The van der Waals surface area contributed by atoms with E-state index in [0.717, 1.165) is 22.3 Å². The summed E-state index contributed by atoms with van der Waals surface area (Å²) in [5.74, 6) is -1.77. The van der Waals surface area contributed by atoms with Crippen molar-refractivity contribution in [1.29, 1.82) is 0 Å². The van der Waals surface area contributed by atoms with Crippen LogP contribution in [0.3, 0.4) is 0 Å². The normalized spacial score (nSPS) is 15.5. The van der Waals surface area contributed by atoms with Crippen molar-refractivity contribution in [2.24, 2.45) is 11.8 Å². The van der Waals surface area contributed by atoms with Crippen LogP contribution < -0.4 is 0 Å². The van der Waals surface area contributed by atoms with Crippen LogP contribution in [-0.4, -0.2) is 52.6 Å². The maximum absolute atomic E-state index is 13.0. The van der Waals surface area contributed by atoms with Gasteiger partial charge in [-0.25, -0.2) is 0 Å². The molecule has 0 aromatic heterocycles. The minimum Gasteiger partial charge on any atom is -0.468 e. The molecule has 1 aliphatic carbocycles. The van der Waals surface area contributed by atoms with Gasteiger partial charge in [-0.3, -0.25) is 13.8 Å². The number of rotatable bonds is 10. The number of benzene rings is 2. The molecule has 0 amide bonds. The second-order valence-electron chi connectivity index (χ2n) is 8.43. The average molecular weight is 459 g/mol. The number of methoxy groups -OCH3 is 1. The molecule has 0 fully saturated rings. The number of carbonyl (C=O) groups is 2. The lowest BCUT2D eigenvalue weighted by atomic mass is 9.97. The van der Waals surface area contributed by atoms with Crippen molar-refractivity contribution in [3.8, 4) is 11.1 Å². The molecule has 0 spiro atoms. The Hall–Kier alpha value is -2.51. The fraction of sp³-hybridized carbons (Fsp3) is 0.440. The Balaban J connectivity index is 1.73. The highest BCUT2D eigenvalue weighted by Crippen LogP contribution is 2.44. The van der Waals surface area contributed by atoms with Crippen molar-refractivity contribution < 1.29 is 28.4 Å². The van der Waals surface area contributed by atoms with Gasteiger partial charge in [-0.05, 0) is 34.6 Å². The van der Waals surface area contributed by atoms with E-state index in [0.29, 0.717) is 6.42 Å². The molecule has 0 saturated heterocycles. The van der Waals surface area contributed by atoms with Gasteiger partial charge < -0.3 is 14.6 Å². The third-order valence-electron chi connectivity index (χ3n) is 5.76. The molecule has 0 bridgehead atoms. The number of fused-ring (bicyclic) bond motifs is 3. The van der Waals surface area contributed by atoms with Gasteiger partial charge in [0.2, 0.25) is 0 Å². The quantitative estimate of drug-likeness (QED) is 0.550. The molecule has 1 aliphatic rings. The molecule has 2 aromatic carbocycles. The molecule has 3 rings (SSSR count).